The third-order valence-electron chi connectivity index (χ3n) is 5.74. The first kappa shape index (κ1) is 19.4. The Hall–Kier alpha value is -3.52. The zero-order valence-corrected chi connectivity index (χ0v) is 17.4. The van der Waals surface area contributed by atoms with Gasteiger partial charge in [0.2, 0.25) is 0 Å². The van der Waals surface area contributed by atoms with Gasteiger partial charge in [0.25, 0.3) is 5.91 Å². The monoisotopic (exact) mass is 416 g/mol. The highest BCUT2D eigenvalue weighted by atomic mass is 16.3. The van der Waals surface area contributed by atoms with E-state index in [0.717, 1.165) is 55.2 Å². The number of hydrogen-bond acceptors (Lipinski definition) is 6. The number of carbonyl (C=O) groups excluding carboxylic acids is 1. The summed E-state index contributed by atoms with van der Waals surface area (Å²) < 4.78 is 7.31. The van der Waals surface area contributed by atoms with Gasteiger partial charge in [-0.3, -0.25) is 14.7 Å². The Labute approximate surface area is 179 Å². The number of aromatic nitrogens is 4. The van der Waals surface area contributed by atoms with Gasteiger partial charge in [0.15, 0.2) is 11.6 Å². The van der Waals surface area contributed by atoms with Crippen LogP contribution in [0.3, 0.4) is 0 Å². The molecule has 5 rings (SSSR count). The average Bonchev–Trinajstić information content (AvgIpc) is 3.42. The number of para-hydroxylation sites is 1. The van der Waals surface area contributed by atoms with Gasteiger partial charge in [-0.2, -0.15) is 0 Å². The fourth-order valence-corrected chi connectivity index (χ4v) is 4.14. The van der Waals surface area contributed by atoms with Crippen molar-refractivity contribution in [3.8, 4) is 0 Å². The second kappa shape index (κ2) is 8.31. The number of nitrogens with one attached hydrogen (secondary N) is 1. The number of carbonyl (C=O) groups is 1. The predicted molar refractivity (Wildman–Crippen MR) is 115 cm³/mol. The minimum absolute atomic E-state index is 0.256. The van der Waals surface area contributed by atoms with E-state index in [4.69, 9.17) is 4.42 Å². The van der Waals surface area contributed by atoms with E-state index in [1.165, 1.54) is 11.8 Å². The molecular formula is C23H24N6O2. The molecule has 8 nitrogen and oxygen atoms in total. The van der Waals surface area contributed by atoms with Gasteiger partial charge in [-0.1, -0.05) is 24.3 Å². The Morgan fingerprint density at radius 3 is 2.90 bits per heavy atom. The van der Waals surface area contributed by atoms with Crippen molar-refractivity contribution >= 4 is 16.8 Å². The van der Waals surface area contributed by atoms with Gasteiger partial charge in [-0.05, 0) is 30.7 Å². The highest BCUT2D eigenvalue weighted by Crippen LogP contribution is 2.20. The zero-order valence-electron chi connectivity index (χ0n) is 17.4. The van der Waals surface area contributed by atoms with Gasteiger partial charge in [0.1, 0.15) is 5.82 Å². The SMILES string of the molecule is C[C@H](NC(=O)c1ccco1)c1nnc2n1CCN(Cc1cccc3cccnc13)CC2. The molecule has 1 aromatic carbocycles. The van der Waals surface area contributed by atoms with Gasteiger partial charge >= 0.3 is 0 Å². The highest BCUT2D eigenvalue weighted by molar-refractivity contribution is 5.91. The van der Waals surface area contributed by atoms with Gasteiger partial charge < -0.3 is 14.3 Å². The molecule has 4 aromatic rings. The summed E-state index contributed by atoms with van der Waals surface area (Å²) in [6, 6.07) is 13.5. The number of furan rings is 1. The predicted octanol–water partition coefficient (Wildman–Crippen LogP) is 2.97. The molecule has 1 atom stereocenters. The summed E-state index contributed by atoms with van der Waals surface area (Å²) in [7, 11) is 0. The molecule has 0 saturated carbocycles. The van der Waals surface area contributed by atoms with Crippen LogP contribution >= 0.6 is 0 Å². The Morgan fingerprint density at radius 1 is 1.13 bits per heavy atom. The molecule has 0 spiro atoms. The van der Waals surface area contributed by atoms with Crippen molar-refractivity contribution in [3.63, 3.8) is 0 Å². The summed E-state index contributed by atoms with van der Waals surface area (Å²) in [5.41, 5.74) is 2.29. The summed E-state index contributed by atoms with van der Waals surface area (Å²) in [6.45, 7) is 5.31. The smallest absolute Gasteiger partial charge is 0.287 e. The van der Waals surface area contributed by atoms with Crippen molar-refractivity contribution in [1.82, 2.24) is 30.0 Å². The Morgan fingerprint density at radius 2 is 2.03 bits per heavy atom. The van der Waals surface area contributed by atoms with E-state index < -0.39 is 0 Å². The molecule has 1 N–H and O–H groups in total. The van der Waals surface area contributed by atoms with Gasteiger partial charge in [0.05, 0.1) is 17.8 Å². The molecular weight excluding hydrogens is 392 g/mol. The van der Waals surface area contributed by atoms with Crippen molar-refractivity contribution in [1.29, 1.82) is 0 Å². The van der Waals surface area contributed by atoms with Crippen LogP contribution in [0.1, 0.15) is 40.7 Å². The van der Waals surface area contributed by atoms with Crippen LogP contribution in [0.4, 0.5) is 0 Å². The molecule has 4 heterocycles. The number of pyridine rings is 1. The average molecular weight is 416 g/mol. The molecule has 1 amide bonds. The van der Waals surface area contributed by atoms with Crippen LogP contribution in [0.25, 0.3) is 10.9 Å². The van der Waals surface area contributed by atoms with Gasteiger partial charge in [-0.15, -0.1) is 10.2 Å². The summed E-state index contributed by atoms with van der Waals surface area (Å²) in [5.74, 6) is 1.75. The molecule has 1 aliphatic heterocycles. The maximum atomic E-state index is 12.3. The first-order valence-corrected chi connectivity index (χ1v) is 10.5. The van der Waals surface area contributed by atoms with Crippen LogP contribution in [0, 0.1) is 0 Å². The summed E-state index contributed by atoms with van der Waals surface area (Å²) in [6.07, 6.45) is 4.15. The molecule has 1 aliphatic rings. The molecule has 0 aliphatic carbocycles. The second-order valence-electron chi connectivity index (χ2n) is 7.82. The van der Waals surface area contributed by atoms with Crippen LogP contribution in [0.5, 0.6) is 0 Å². The Balaban J connectivity index is 1.29. The number of nitrogens with zero attached hydrogens (tertiary/aromatic N) is 5. The molecule has 3 aromatic heterocycles. The number of fused-ring (bicyclic) bond motifs is 2. The van der Waals surface area contributed by atoms with Gasteiger partial charge in [0, 0.05) is 44.2 Å². The molecule has 0 radical (unpaired) electrons. The molecule has 0 fully saturated rings. The van der Waals surface area contributed by atoms with Crippen molar-refractivity contribution in [2.24, 2.45) is 0 Å². The lowest BCUT2D eigenvalue weighted by Crippen LogP contribution is -2.30. The lowest BCUT2D eigenvalue weighted by Gasteiger charge is -2.20. The van der Waals surface area contributed by atoms with E-state index in [0.29, 0.717) is 0 Å². The fourth-order valence-electron chi connectivity index (χ4n) is 4.14. The van der Waals surface area contributed by atoms with E-state index >= 15 is 0 Å². The number of benzene rings is 1. The van der Waals surface area contributed by atoms with Crippen LogP contribution in [-0.4, -0.2) is 43.6 Å². The maximum Gasteiger partial charge on any atom is 0.287 e. The maximum absolute atomic E-state index is 12.3. The Bertz CT molecular complexity index is 1190. The minimum atomic E-state index is -0.271. The quantitative estimate of drug-likeness (QED) is 0.538. The van der Waals surface area contributed by atoms with Crippen molar-refractivity contribution in [2.75, 3.05) is 13.1 Å². The highest BCUT2D eigenvalue weighted by Gasteiger charge is 2.24. The van der Waals surface area contributed by atoms with E-state index in [1.54, 1.807) is 12.1 Å². The van der Waals surface area contributed by atoms with E-state index in [1.807, 2.05) is 19.2 Å². The largest absolute Gasteiger partial charge is 0.459 e. The van der Waals surface area contributed by atoms with Crippen molar-refractivity contribution in [3.05, 3.63) is 77.9 Å². The normalized spacial score (nSPS) is 15.4. The van der Waals surface area contributed by atoms with E-state index in [-0.39, 0.29) is 17.7 Å². The summed E-state index contributed by atoms with van der Waals surface area (Å²) >= 11 is 0. The second-order valence-corrected chi connectivity index (χ2v) is 7.82. The number of hydrogen-bond donors (Lipinski definition) is 1. The molecule has 0 bridgehead atoms. The van der Waals surface area contributed by atoms with E-state index in [9.17, 15) is 4.79 Å². The summed E-state index contributed by atoms with van der Waals surface area (Å²) in [5, 5.41) is 12.9. The van der Waals surface area contributed by atoms with Gasteiger partial charge in [-0.25, -0.2) is 0 Å². The fraction of sp³-hybridized carbons (Fsp3) is 0.304. The first-order valence-electron chi connectivity index (χ1n) is 10.5. The molecule has 0 unspecified atom stereocenters. The first-order chi connectivity index (χ1) is 15.2. The van der Waals surface area contributed by atoms with Crippen molar-refractivity contribution in [2.45, 2.75) is 32.5 Å². The lowest BCUT2D eigenvalue weighted by molar-refractivity contribution is 0.0909. The topological polar surface area (TPSA) is 89.1 Å². The molecule has 158 valence electrons. The van der Waals surface area contributed by atoms with Crippen LogP contribution in [0.15, 0.2) is 59.3 Å². The lowest BCUT2D eigenvalue weighted by atomic mass is 10.1. The number of rotatable bonds is 5. The Kier molecular flexibility index (Phi) is 5.21. The summed E-state index contributed by atoms with van der Waals surface area (Å²) in [4.78, 5) is 19.3. The third kappa shape index (κ3) is 3.94. The zero-order chi connectivity index (χ0) is 21.2. The number of amides is 1. The van der Waals surface area contributed by atoms with Crippen molar-refractivity contribution < 1.29 is 9.21 Å². The minimum Gasteiger partial charge on any atom is -0.459 e. The van der Waals surface area contributed by atoms with Crippen LogP contribution < -0.4 is 5.32 Å². The third-order valence-corrected chi connectivity index (χ3v) is 5.74. The standard InChI is InChI=1S/C23H24N6O2/c1-16(25-23(30)19-8-4-14-31-19)22-27-26-20-9-11-28(12-13-29(20)22)15-18-6-2-5-17-7-3-10-24-21(17)18/h2-8,10,14,16H,9,11-13,15H2,1H3,(H,25,30)/t16-/m0/s1. The van der Waals surface area contributed by atoms with E-state index in [2.05, 4.69) is 54.2 Å². The van der Waals surface area contributed by atoms with Crippen LogP contribution in [0.2, 0.25) is 0 Å². The molecule has 8 heteroatoms. The molecule has 0 saturated heterocycles. The molecule has 31 heavy (non-hydrogen) atoms. The van der Waals surface area contributed by atoms with Crippen LogP contribution in [-0.2, 0) is 19.5 Å².